The monoisotopic (exact) mass is 278 g/mol. The van der Waals surface area contributed by atoms with Crippen LogP contribution in [0.15, 0.2) is 23.0 Å². The van der Waals surface area contributed by atoms with Crippen LogP contribution in [-0.2, 0) is 0 Å². The molecule has 0 aliphatic heterocycles. The lowest BCUT2D eigenvalue weighted by molar-refractivity contribution is 0.0697. The molecule has 0 amide bonds. The second-order valence-corrected chi connectivity index (χ2v) is 4.48. The summed E-state index contributed by atoms with van der Waals surface area (Å²) in [7, 11) is 0. The minimum atomic E-state index is -1.19. The summed E-state index contributed by atoms with van der Waals surface area (Å²) in [6.07, 6.45) is 0.754. The molecule has 1 heterocycles. The van der Waals surface area contributed by atoms with Crippen molar-refractivity contribution in [1.82, 2.24) is 4.68 Å². The number of carbonyl (C=O) groups is 1. The number of hydrogen-bond donors (Lipinski definition) is 2. The van der Waals surface area contributed by atoms with Gasteiger partial charge < -0.3 is 10.5 Å². The number of benzene rings is 1. The van der Waals surface area contributed by atoms with Crippen LogP contribution in [0.4, 0.5) is 4.39 Å². The fourth-order valence-corrected chi connectivity index (χ4v) is 2.20. The largest absolute Gasteiger partial charge is 0.478 e. The number of pyridine rings is 1. The highest BCUT2D eigenvalue weighted by molar-refractivity contribution is 6.04. The summed E-state index contributed by atoms with van der Waals surface area (Å²) < 4.78 is 15.0. The second-order valence-electron chi connectivity index (χ2n) is 4.48. The first-order valence-electron chi connectivity index (χ1n) is 6.30. The van der Waals surface area contributed by atoms with Gasteiger partial charge in [0.25, 0.3) is 5.56 Å². The van der Waals surface area contributed by atoms with Gasteiger partial charge in [0.15, 0.2) is 0 Å². The molecule has 0 atom stereocenters. The molecule has 2 aromatic rings. The standard InChI is InChI=1S/C14H15FN2O3/c1-3-7-16-17-8(2)11(14(19)20)9-5-4-6-10(15)12(9)13(17)18/h4-6,16H,3,7H2,1-2H3,(H,19,20). The Labute approximate surface area is 114 Å². The number of nitrogens with zero attached hydrogens (tertiary/aromatic N) is 1. The van der Waals surface area contributed by atoms with Crippen molar-refractivity contribution in [1.29, 1.82) is 0 Å². The van der Waals surface area contributed by atoms with Crippen LogP contribution in [-0.4, -0.2) is 22.3 Å². The van der Waals surface area contributed by atoms with E-state index in [4.69, 9.17) is 0 Å². The van der Waals surface area contributed by atoms with Crippen LogP contribution in [0.25, 0.3) is 10.8 Å². The van der Waals surface area contributed by atoms with E-state index < -0.39 is 17.3 Å². The molecular formula is C14H15FN2O3. The minimum absolute atomic E-state index is 0.0669. The van der Waals surface area contributed by atoms with E-state index in [1.54, 1.807) is 0 Å². The molecule has 6 heteroatoms. The zero-order valence-electron chi connectivity index (χ0n) is 11.2. The maximum absolute atomic E-state index is 13.9. The van der Waals surface area contributed by atoms with Gasteiger partial charge in [-0.3, -0.25) is 4.79 Å². The van der Waals surface area contributed by atoms with Crippen LogP contribution in [0.3, 0.4) is 0 Å². The van der Waals surface area contributed by atoms with E-state index in [-0.39, 0.29) is 22.0 Å². The van der Waals surface area contributed by atoms with E-state index in [9.17, 15) is 19.1 Å². The van der Waals surface area contributed by atoms with Crippen LogP contribution in [0.2, 0.25) is 0 Å². The summed E-state index contributed by atoms with van der Waals surface area (Å²) in [5.41, 5.74) is 2.44. The van der Waals surface area contributed by atoms with Gasteiger partial charge in [0.1, 0.15) is 5.82 Å². The van der Waals surface area contributed by atoms with Gasteiger partial charge in [-0.15, -0.1) is 0 Å². The van der Waals surface area contributed by atoms with Crippen molar-refractivity contribution >= 4 is 16.7 Å². The molecule has 106 valence electrons. The fourth-order valence-electron chi connectivity index (χ4n) is 2.20. The van der Waals surface area contributed by atoms with Crippen molar-refractivity contribution in [3.05, 3.63) is 45.6 Å². The van der Waals surface area contributed by atoms with Crippen LogP contribution in [0, 0.1) is 12.7 Å². The van der Waals surface area contributed by atoms with Crippen molar-refractivity contribution in [2.75, 3.05) is 12.0 Å². The Morgan fingerprint density at radius 1 is 1.45 bits per heavy atom. The molecule has 2 N–H and O–H groups in total. The van der Waals surface area contributed by atoms with Crippen molar-refractivity contribution in [2.45, 2.75) is 20.3 Å². The van der Waals surface area contributed by atoms with E-state index in [2.05, 4.69) is 5.43 Å². The van der Waals surface area contributed by atoms with Crippen LogP contribution >= 0.6 is 0 Å². The SMILES string of the molecule is CCCNn1c(C)c(C(=O)O)c2cccc(F)c2c1=O. The number of carboxylic acids is 1. The van der Waals surface area contributed by atoms with Crippen molar-refractivity contribution in [3.8, 4) is 0 Å². The third-order valence-corrected chi connectivity index (χ3v) is 3.13. The molecule has 1 aromatic carbocycles. The van der Waals surface area contributed by atoms with Gasteiger partial charge in [-0.25, -0.2) is 13.9 Å². The molecule has 1 aromatic heterocycles. The van der Waals surface area contributed by atoms with Gasteiger partial charge in [0.05, 0.1) is 16.6 Å². The number of rotatable bonds is 4. The number of hydrogen-bond acceptors (Lipinski definition) is 3. The molecule has 0 unspecified atom stereocenters. The highest BCUT2D eigenvalue weighted by atomic mass is 19.1. The highest BCUT2D eigenvalue weighted by Gasteiger charge is 2.20. The van der Waals surface area contributed by atoms with Crippen molar-refractivity contribution < 1.29 is 14.3 Å². The number of carboxylic acid groups (broad SMARTS) is 1. The third kappa shape index (κ3) is 2.13. The fraction of sp³-hybridized carbons (Fsp3) is 0.286. The molecule has 5 nitrogen and oxygen atoms in total. The Balaban J connectivity index is 2.91. The summed E-state index contributed by atoms with van der Waals surface area (Å²) in [5.74, 6) is -1.91. The number of fused-ring (bicyclic) bond motifs is 1. The lowest BCUT2D eigenvalue weighted by Crippen LogP contribution is -2.33. The Morgan fingerprint density at radius 2 is 2.15 bits per heavy atom. The van der Waals surface area contributed by atoms with Gasteiger partial charge in [-0.2, -0.15) is 0 Å². The molecule has 0 aliphatic rings. The second kappa shape index (κ2) is 5.32. The quantitative estimate of drug-likeness (QED) is 0.898. The molecule has 0 fully saturated rings. The number of aromatic nitrogens is 1. The Hall–Kier alpha value is -2.37. The van der Waals surface area contributed by atoms with E-state index in [0.29, 0.717) is 6.54 Å². The predicted molar refractivity (Wildman–Crippen MR) is 74.4 cm³/mol. The first-order chi connectivity index (χ1) is 9.49. The molecule has 20 heavy (non-hydrogen) atoms. The molecule has 2 rings (SSSR count). The van der Waals surface area contributed by atoms with E-state index in [0.717, 1.165) is 17.2 Å². The summed E-state index contributed by atoms with van der Waals surface area (Å²) in [5, 5.41) is 9.24. The molecular weight excluding hydrogens is 263 g/mol. The molecule has 0 spiro atoms. The lowest BCUT2D eigenvalue weighted by atomic mass is 10.0. The lowest BCUT2D eigenvalue weighted by Gasteiger charge is -2.16. The smallest absolute Gasteiger partial charge is 0.338 e. The van der Waals surface area contributed by atoms with E-state index in [1.807, 2.05) is 6.92 Å². The van der Waals surface area contributed by atoms with Gasteiger partial charge in [-0.1, -0.05) is 19.1 Å². The molecule has 0 saturated heterocycles. The predicted octanol–water partition coefficient (Wildman–Crippen LogP) is 2.10. The maximum Gasteiger partial charge on any atom is 0.338 e. The summed E-state index contributed by atoms with van der Waals surface area (Å²) in [4.78, 5) is 23.7. The number of nitrogens with one attached hydrogen (secondary N) is 1. The third-order valence-electron chi connectivity index (χ3n) is 3.13. The average Bonchev–Trinajstić information content (AvgIpc) is 2.38. The molecule has 0 saturated carbocycles. The Kier molecular flexibility index (Phi) is 3.74. The minimum Gasteiger partial charge on any atom is -0.478 e. The molecule has 0 aliphatic carbocycles. The van der Waals surface area contributed by atoms with Crippen LogP contribution in [0.5, 0.6) is 0 Å². The van der Waals surface area contributed by atoms with E-state index >= 15 is 0 Å². The van der Waals surface area contributed by atoms with Crippen molar-refractivity contribution in [2.24, 2.45) is 0 Å². The summed E-state index contributed by atoms with van der Waals surface area (Å²) >= 11 is 0. The molecule has 0 radical (unpaired) electrons. The van der Waals surface area contributed by atoms with Gasteiger partial charge in [0.2, 0.25) is 0 Å². The first kappa shape index (κ1) is 14.0. The number of halogens is 1. The zero-order valence-corrected chi connectivity index (χ0v) is 11.2. The first-order valence-corrected chi connectivity index (χ1v) is 6.30. The van der Waals surface area contributed by atoms with Gasteiger partial charge in [-0.05, 0) is 19.4 Å². The van der Waals surface area contributed by atoms with Crippen LogP contribution in [0.1, 0.15) is 29.4 Å². The average molecular weight is 278 g/mol. The Morgan fingerprint density at radius 3 is 2.75 bits per heavy atom. The Bertz CT molecular complexity index is 737. The van der Waals surface area contributed by atoms with Gasteiger partial charge >= 0.3 is 5.97 Å². The summed E-state index contributed by atoms with van der Waals surface area (Å²) in [6, 6.07) is 3.99. The summed E-state index contributed by atoms with van der Waals surface area (Å²) in [6.45, 7) is 3.92. The maximum atomic E-state index is 13.9. The van der Waals surface area contributed by atoms with Crippen molar-refractivity contribution in [3.63, 3.8) is 0 Å². The van der Waals surface area contributed by atoms with Crippen LogP contribution < -0.4 is 11.0 Å². The normalized spacial score (nSPS) is 10.8. The van der Waals surface area contributed by atoms with E-state index in [1.165, 1.54) is 19.1 Å². The molecule has 0 bridgehead atoms. The number of aromatic carboxylic acids is 1. The highest BCUT2D eigenvalue weighted by Crippen LogP contribution is 2.21. The van der Waals surface area contributed by atoms with Gasteiger partial charge in [0, 0.05) is 11.9 Å². The topological polar surface area (TPSA) is 71.3 Å². The zero-order chi connectivity index (χ0) is 14.9.